The first-order valence-electron chi connectivity index (χ1n) is 7.20. The highest BCUT2D eigenvalue weighted by Crippen LogP contribution is 2.37. The molecule has 0 spiro atoms. The van der Waals surface area contributed by atoms with Crippen LogP contribution in [0, 0.1) is 0 Å². The molecule has 112 valence electrons. The van der Waals surface area contributed by atoms with Crippen LogP contribution in [0.5, 0.6) is 0 Å². The molecule has 1 heterocycles. The van der Waals surface area contributed by atoms with Gasteiger partial charge in [-0.3, -0.25) is 4.79 Å². The van der Waals surface area contributed by atoms with Crippen LogP contribution in [0.4, 0.5) is 0 Å². The molecule has 1 aliphatic rings. The van der Waals surface area contributed by atoms with Crippen molar-refractivity contribution < 1.29 is 9.90 Å². The highest BCUT2D eigenvalue weighted by atomic mass is 32.2. The lowest BCUT2D eigenvalue weighted by Crippen LogP contribution is -2.55. The van der Waals surface area contributed by atoms with Crippen LogP contribution in [-0.4, -0.2) is 38.0 Å². The molecule has 1 saturated carbocycles. The van der Waals surface area contributed by atoms with E-state index in [2.05, 4.69) is 17.2 Å². The molecular formula is C14H23N3O2S. The number of carboxylic acids is 1. The molecule has 2 atom stereocenters. The quantitative estimate of drug-likeness (QED) is 0.843. The van der Waals surface area contributed by atoms with Gasteiger partial charge in [0.1, 0.15) is 5.54 Å². The predicted octanol–water partition coefficient (Wildman–Crippen LogP) is 2.28. The van der Waals surface area contributed by atoms with Gasteiger partial charge in [-0.1, -0.05) is 18.7 Å². The number of nitrogens with one attached hydrogen (secondary N) is 1. The average molecular weight is 297 g/mol. The van der Waals surface area contributed by atoms with E-state index in [4.69, 9.17) is 0 Å². The third-order valence-corrected chi connectivity index (χ3v) is 5.22. The minimum atomic E-state index is -0.753. The van der Waals surface area contributed by atoms with Crippen molar-refractivity contribution >= 4 is 17.7 Å². The van der Waals surface area contributed by atoms with Crippen molar-refractivity contribution in [3.8, 4) is 0 Å². The van der Waals surface area contributed by atoms with Gasteiger partial charge < -0.3 is 15.0 Å². The summed E-state index contributed by atoms with van der Waals surface area (Å²) in [4.78, 5) is 16.0. The van der Waals surface area contributed by atoms with Crippen LogP contribution in [0.3, 0.4) is 0 Å². The molecule has 2 N–H and O–H groups in total. The molecule has 2 rings (SSSR count). The van der Waals surface area contributed by atoms with Gasteiger partial charge in [0.15, 0.2) is 5.16 Å². The second-order valence-electron chi connectivity index (χ2n) is 5.47. The van der Waals surface area contributed by atoms with Crippen molar-refractivity contribution in [2.24, 2.45) is 7.05 Å². The summed E-state index contributed by atoms with van der Waals surface area (Å²) in [5.41, 5.74) is -0.753. The Hall–Kier alpha value is -1.01. The number of nitrogens with zero attached hydrogens (tertiary/aromatic N) is 2. The van der Waals surface area contributed by atoms with Crippen LogP contribution in [-0.2, 0) is 11.8 Å². The lowest BCUT2D eigenvalue weighted by atomic mass is 9.81. The highest BCUT2D eigenvalue weighted by molar-refractivity contribution is 7.99. The maximum Gasteiger partial charge on any atom is 0.323 e. The van der Waals surface area contributed by atoms with E-state index in [1.807, 2.05) is 17.8 Å². The van der Waals surface area contributed by atoms with Gasteiger partial charge in [0.2, 0.25) is 0 Å². The van der Waals surface area contributed by atoms with Crippen molar-refractivity contribution in [1.82, 2.24) is 14.9 Å². The fourth-order valence-electron chi connectivity index (χ4n) is 2.73. The van der Waals surface area contributed by atoms with Crippen molar-refractivity contribution in [3.63, 3.8) is 0 Å². The zero-order chi connectivity index (χ0) is 14.6. The molecule has 0 aliphatic heterocycles. The van der Waals surface area contributed by atoms with Gasteiger partial charge in [-0.15, -0.1) is 0 Å². The summed E-state index contributed by atoms with van der Waals surface area (Å²) in [7, 11) is 1.97. The number of hydrogen-bond donors (Lipinski definition) is 2. The molecule has 1 aromatic heterocycles. The first kappa shape index (κ1) is 15.4. The van der Waals surface area contributed by atoms with Crippen LogP contribution in [0.1, 0.15) is 39.0 Å². The van der Waals surface area contributed by atoms with Crippen molar-refractivity contribution in [3.05, 3.63) is 12.4 Å². The number of hydrogen-bond acceptors (Lipinski definition) is 4. The lowest BCUT2D eigenvalue weighted by Gasteiger charge is -2.38. The summed E-state index contributed by atoms with van der Waals surface area (Å²) in [5, 5.41) is 14.2. The highest BCUT2D eigenvalue weighted by Gasteiger charge is 2.42. The summed E-state index contributed by atoms with van der Waals surface area (Å²) in [6.07, 6.45) is 8.05. The monoisotopic (exact) mass is 297 g/mol. The number of carbonyl (C=O) groups is 1. The summed E-state index contributed by atoms with van der Waals surface area (Å²) in [5.74, 6) is -0.712. The third kappa shape index (κ3) is 3.35. The Bertz CT molecular complexity index is 463. The second kappa shape index (κ2) is 6.63. The second-order valence-corrected chi connectivity index (χ2v) is 6.74. The fourth-order valence-corrected chi connectivity index (χ4v) is 4.03. The number of carboxylic acid groups (broad SMARTS) is 1. The number of aliphatic carboxylic acids is 1. The maximum absolute atomic E-state index is 11.7. The molecule has 5 nitrogen and oxygen atoms in total. The largest absolute Gasteiger partial charge is 0.480 e. The Morgan fingerprint density at radius 1 is 1.70 bits per heavy atom. The average Bonchev–Trinajstić information content (AvgIpc) is 2.82. The standard InChI is InChI=1S/C14H23N3O2S/c1-3-7-16-14(12(18)19)6-4-5-11(10-14)20-13-15-8-9-17(13)2/h8-9,11,16H,3-7,10H2,1-2H3,(H,18,19). The first-order valence-corrected chi connectivity index (χ1v) is 8.08. The van der Waals surface area contributed by atoms with E-state index >= 15 is 0 Å². The predicted molar refractivity (Wildman–Crippen MR) is 80.0 cm³/mol. The van der Waals surface area contributed by atoms with Gasteiger partial charge in [0, 0.05) is 24.7 Å². The maximum atomic E-state index is 11.7. The van der Waals surface area contributed by atoms with Crippen LogP contribution in [0.25, 0.3) is 0 Å². The molecule has 0 saturated heterocycles. The van der Waals surface area contributed by atoms with Gasteiger partial charge in [-0.05, 0) is 38.6 Å². The Labute approximate surface area is 124 Å². The molecule has 1 aromatic rings. The molecule has 1 fully saturated rings. The van der Waals surface area contributed by atoms with Gasteiger partial charge in [0.05, 0.1) is 0 Å². The molecule has 0 bridgehead atoms. The molecule has 6 heteroatoms. The molecule has 0 amide bonds. The Morgan fingerprint density at radius 3 is 3.10 bits per heavy atom. The molecule has 20 heavy (non-hydrogen) atoms. The SMILES string of the molecule is CCCNC1(C(=O)O)CCCC(Sc2nccn2C)C1. The van der Waals surface area contributed by atoms with E-state index in [0.717, 1.165) is 37.4 Å². The normalized spacial score (nSPS) is 26.6. The topological polar surface area (TPSA) is 67.2 Å². The Kier molecular flexibility index (Phi) is 5.10. The summed E-state index contributed by atoms with van der Waals surface area (Å²) >= 11 is 1.70. The van der Waals surface area contributed by atoms with E-state index in [1.54, 1.807) is 18.0 Å². The number of thioether (sulfide) groups is 1. The van der Waals surface area contributed by atoms with Gasteiger partial charge in [-0.2, -0.15) is 0 Å². The number of aryl methyl sites for hydroxylation is 1. The van der Waals surface area contributed by atoms with Crippen LogP contribution >= 0.6 is 11.8 Å². The van der Waals surface area contributed by atoms with Gasteiger partial charge in [0.25, 0.3) is 0 Å². The number of rotatable bonds is 6. The molecule has 2 unspecified atom stereocenters. The Balaban J connectivity index is 2.05. The van der Waals surface area contributed by atoms with Gasteiger partial charge in [-0.25, -0.2) is 4.98 Å². The molecule has 1 aliphatic carbocycles. The third-order valence-electron chi connectivity index (χ3n) is 3.88. The summed E-state index contributed by atoms with van der Waals surface area (Å²) in [6.45, 7) is 2.82. The van der Waals surface area contributed by atoms with E-state index in [-0.39, 0.29) is 0 Å². The zero-order valence-electron chi connectivity index (χ0n) is 12.1. The van der Waals surface area contributed by atoms with Crippen LogP contribution in [0.2, 0.25) is 0 Å². The van der Waals surface area contributed by atoms with E-state index < -0.39 is 11.5 Å². The summed E-state index contributed by atoms with van der Waals surface area (Å²) in [6, 6.07) is 0. The Morgan fingerprint density at radius 2 is 2.50 bits per heavy atom. The summed E-state index contributed by atoms with van der Waals surface area (Å²) < 4.78 is 1.99. The van der Waals surface area contributed by atoms with Crippen molar-refractivity contribution in [2.45, 2.75) is 55.0 Å². The van der Waals surface area contributed by atoms with Crippen molar-refractivity contribution in [1.29, 1.82) is 0 Å². The van der Waals surface area contributed by atoms with E-state index in [0.29, 0.717) is 11.7 Å². The van der Waals surface area contributed by atoms with E-state index in [1.165, 1.54) is 0 Å². The zero-order valence-corrected chi connectivity index (χ0v) is 12.9. The lowest BCUT2D eigenvalue weighted by molar-refractivity contribution is -0.146. The fraction of sp³-hybridized carbons (Fsp3) is 0.714. The number of imidazole rings is 1. The van der Waals surface area contributed by atoms with Crippen LogP contribution in [0.15, 0.2) is 17.6 Å². The van der Waals surface area contributed by atoms with Crippen molar-refractivity contribution in [2.75, 3.05) is 6.54 Å². The molecule has 0 radical (unpaired) electrons. The minimum absolute atomic E-state index is 0.310. The van der Waals surface area contributed by atoms with Gasteiger partial charge >= 0.3 is 5.97 Å². The number of aromatic nitrogens is 2. The molecule has 0 aromatic carbocycles. The van der Waals surface area contributed by atoms with E-state index in [9.17, 15) is 9.90 Å². The van der Waals surface area contributed by atoms with Crippen LogP contribution < -0.4 is 5.32 Å². The first-order chi connectivity index (χ1) is 9.57. The minimum Gasteiger partial charge on any atom is -0.480 e. The smallest absolute Gasteiger partial charge is 0.323 e. The molecular weight excluding hydrogens is 274 g/mol.